The van der Waals surface area contributed by atoms with Gasteiger partial charge in [-0.3, -0.25) is 4.79 Å². The SMILES string of the molecule is O=C(c1ccc(-c2ncon2)cc1)N(CCO)C1CC1. The first-order valence-corrected chi connectivity index (χ1v) is 6.58. The van der Waals surface area contributed by atoms with Crippen LogP contribution in [0.5, 0.6) is 0 Å². The molecular weight excluding hydrogens is 258 g/mol. The molecule has 1 fully saturated rings. The Kier molecular flexibility index (Phi) is 3.47. The van der Waals surface area contributed by atoms with Gasteiger partial charge in [0.25, 0.3) is 5.91 Å². The molecule has 1 N–H and O–H groups in total. The molecule has 104 valence electrons. The second kappa shape index (κ2) is 5.42. The molecule has 20 heavy (non-hydrogen) atoms. The Labute approximate surface area is 116 Å². The summed E-state index contributed by atoms with van der Waals surface area (Å²) in [6, 6.07) is 7.37. The molecule has 0 aliphatic heterocycles. The van der Waals surface area contributed by atoms with E-state index in [1.54, 1.807) is 29.2 Å². The molecule has 1 aliphatic rings. The van der Waals surface area contributed by atoms with Crippen molar-refractivity contribution in [3.05, 3.63) is 36.2 Å². The minimum atomic E-state index is -0.0405. The lowest BCUT2D eigenvalue weighted by atomic mass is 10.1. The molecule has 0 radical (unpaired) electrons. The number of hydrogen-bond acceptors (Lipinski definition) is 5. The van der Waals surface area contributed by atoms with Crippen molar-refractivity contribution in [3.8, 4) is 11.4 Å². The van der Waals surface area contributed by atoms with E-state index in [9.17, 15) is 4.79 Å². The molecule has 2 aromatic rings. The first-order chi connectivity index (χ1) is 9.79. The van der Waals surface area contributed by atoms with Gasteiger partial charge in [0.1, 0.15) is 0 Å². The van der Waals surface area contributed by atoms with E-state index in [-0.39, 0.29) is 18.6 Å². The smallest absolute Gasteiger partial charge is 0.254 e. The van der Waals surface area contributed by atoms with Crippen molar-refractivity contribution in [2.24, 2.45) is 0 Å². The van der Waals surface area contributed by atoms with Gasteiger partial charge in [-0.05, 0) is 25.0 Å². The van der Waals surface area contributed by atoms with Crippen LogP contribution in [-0.2, 0) is 0 Å². The van der Waals surface area contributed by atoms with Crippen LogP contribution >= 0.6 is 0 Å². The fourth-order valence-electron chi connectivity index (χ4n) is 2.17. The summed E-state index contributed by atoms with van der Waals surface area (Å²) in [6.45, 7) is 0.374. The highest BCUT2D eigenvalue weighted by atomic mass is 16.5. The van der Waals surface area contributed by atoms with Crippen molar-refractivity contribution < 1.29 is 14.4 Å². The lowest BCUT2D eigenvalue weighted by Crippen LogP contribution is -2.35. The van der Waals surface area contributed by atoms with Gasteiger partial charge in [-0.25, -0.2) is 0 Å². The third-order valence-electron chi connectivity index (χ3n) is 3.34. The normalized spacial score (nSPS) is 14.2. The van der Waals surface area contributed by atoms with Crippen molar-refractivity contribution in [3.63, 3.8) is 0 Å². The maximum atomic E-state index is 12.4. The number of amides is 1. The average Bonchev–Trinajstić information content (AvgIpc) is 3.17. The monoisotopic (exact) mass is 273 g/mol. The van der Waals surface area contributed by atoms with Gasteiger partial charge in [0.05, 0.1) is 6.61 Å². The highest BCUT2D eigenvalue weighted by molar-refractivity contribution is 5.95. The van der Waals surface area contributed by atoms with Crippen LogP contribution in [0, 0.1) is 0 Å². The number of hydrogen-bond donors (Lipinski definition) is 1. The van der Waals surface area contributed by atoms with Crippen molar-refractivity contribution in [2.75, 3.05) is 13.2 Å². The molecule has 1 aromatic carbocycles. The third kappa shape index (κ3) is 2.55. The Morgan fingerprint density at radius 1 is 1.35 bits per heavy atom. The van der Waals surface area contributed by atoms with Gasteiger partial charge in [0.2, 0.25) is 12.2 Å². The lowest BCUT2D eigenvalue weighted by molar-refractivity contribution is 0.0707. The Bertz CT molecular complexity index is 576. The zero-order valence-electron chi connectivity index (χ0n) is 10.9. The predicted molar refractivity (Wildman–Crippen MR) is 70.9 cm³/mol. The molecule has 1 saturated carbocycles. The van der Waals surface area contributed by atoms with Gasteiger partial charge in [-0.1, -0.05) is 17.3 Å². The summed E-state index contributed by atoms with van der Waals surface area (Å²) in [5, 5.41) is 12.8. The summed E-state index contributed by atoms with van der Waals surface area (Å²) in [7, 11) is 0. The molecule has 0 spiro atoms. The van der Waals surface area contributed by atoms with E-state index in [2.05, 4.69) is 10.1 Å². The highest BCUT2D eigenvalue weighted by Crippen LogP contribution is 2.28. The first kappa shape index (κ1) is 12.8. The summed E-state index contributed by atoms with van der Waals surface area (Å²) >= 11 is 0. The van der Waals surface area contributed by atoms with Crippen LogP contribution in [0.1, 0.15) is 23.2 Å². The van der Waals surface area contributed by atoms with E-state index < -0.39 is 0 Å². The molecular formula is C14H15N3O3. The lowest BCUT2D eigenvalue weighted by Gasteiger charge is -2.21. The van der Waals surface area contributed by atoms with Gasteiger partial charge >= 0.3 is 0 Å². The van der Waals surface area contributed by atoms with Crippen LogP contribution in [0.4, 0.5) is 0 Å². The number of aromatic nitrogens is 2. The number of rotatable bonds is 5. The Balaban J connectivity index is 1.78. The minimum Gasteiger partial charge on any atom is -0.395 e. The second-order valence-electron chi connectivity index (χ2n) is 4.79. The van der Waals surface area contributed by atoms with Crippen LogP contribution < -0.4 is 0 Å². The number of aliphatic hydroxyl groups is 1. The Morgan fingerprint density at radius 3 is 2.65 bits per heavy atom. The Hall–Kier alpha value is -2.21. The molecule has 1 aromatic heterocycles. The molecule has 3 rings (SSSR count). The number of carbonyl (C=O) groups excluding carboxylic acids is 1. The minimum absolute atomic E-state index is 0.0107. The van der Waals surface area contributed by atoms with E-state index in [0.29, 0.717) is 17.9 Å². The van der Waals surface area contributed by atoms with Crippen molar-refractivity contribution in [2.45, 2.75) is 18.9 Å². The van der Waals surface area contributed by atoms with E-state index in [0.717, 1.165) is 18.4 Å². The summed E-state index contributed by atoms with van der Waals surface area (Å²) in [6.07, 6.45) is 3.31. The standard InChI is InChI=1S/C14H15N3O3/c18-8-7-17(12-5-6-12)14(19)11-3-1-10(2-4-11)13-15-9-20-16-13/h1-4,9,12,18H,5-8H2. The summed E-state index contributed by atoms with van der Waals surface area (Å²) in [4.78, 5) is 18.1. The first-order valence-electron chi connectivity index (χ1n) is 6.58. The second-order valence-corrected chi connectivity index (χ2v) is 4.79. The summed E-state index contributed by atoms with van der Waals surface area (Å²) < 4.78 is 4.69. The van der Waals surface area contributed by atoms with E-state index >= 15 is 0 Å². The van der Waals surface area contributed by atoms with Crippen molar-refractivity contribution in [1.29, 1.82) is 0 Å². The number of carbonyl (C=O) groups is 1. The maximum Gasteiger partial charge on any atom is 0.254 e. The zero-order valence-corrected chi connectivity index (χ0v) is 10.9. The van der Waals surface area contributed by atoms with Gasteiger partial charge in [-0.15, -0.1) is 0 Å². The topological polar surface area (TPSA) is 79.5 Å². The van der Waals surface area contributed by atoms with Crippen LogP contribution in [0.25, 0.3) is 11.4 Å². The molecule has 0 saturated heterocycles. The fourth-order valence-corrected chi connectivity index (χ4v) is 2.17. The van der Waals surface area contributed by atoms with E-state index in [1.165, 1.54) is 6.39 Å². The van der Waals surface area contributed by atoms with E-state index in [1.807, 2.05) is 0 Å². The van der Waals surface area contributed by atoms with Crippen molar-refractivity contribution in [1.82, 2.24) is 15.0 Å². The number of benzene rings is 1. The molecule has 1 amide bonds. The molecule has 0 atom stereocenters. The third-order valence-corrected chi connectivity index (χ3v) is 3.34. The number of aliphatic hydroxyl groups excluding tert-OH is 1. The van der Waals surface area contributed by atoms with Crippen LogP contribution in [-0.4, -0.2) is 45.2 Å². The summed E-state index contributed by atoms with van der Waals surface area (Å²) in [5.41, 5.74) is 1.41. The largest absolute Gasteiger partial charge is 0.395 e. The molecule has 0 unspecified atom stereocenters. The maximum absolute atomic E-state index is 12.4. The predicted octanol–water partition coefficient (Wildman–Crippen LogP) is 1.33. The van der Waals surface area contributed by atoms with Crippen molar-refractivity contribution >= 4 is 5.91 Å². The molecule has 1 heterocycles. The molecule has 1 aliphatic carbocycles. The Morgan fingerprint density at radius 2 is 2.10 bits per heavy atom. The fraction of sp³-hybridized carbons (Fsp3) is 0.357. The van der Waals surface area contributed by atoms with Gasteiger partial charge < -0.3 is 14.5 Å². The molecule has 0 bridgehead atoms. The number of nitrogens with zero attached hydrogens (tertiary/aromatic N) is 3. The highest BCUT2D eigenvalue weighted by Gasteiger charge is 2.32. The quantitative estimate of drug-likeness (QED) is 0.889. The van der Waals surface area contributed by atoms with Crippen LogP contribution in [0.15, 0.2) is 35.2 Å². The average molecular weight is 273 g/mol. The van der Waals surface area contributed by atoms with Gasteiger partial charge in [0.15, 0.2) is 0 Å². The molecule has 6 heteroatoms. The molecule has 6 nitrogen and oxygen atoms in total. The zero-order chi connectivity index (χ0) is 13.9. The van der Waals surface area contributed by atoms with Gasteiger partial charge in [-0.2, -0.15) is 4.98 Å². The van der Waals surface area contributed by atoms with Crippen LogP contribution in [0.2, 0.25) is 0 Å². The van der Waals surface area contributed by atoms with E-state index in [4.69, 9.17) is 9.63 Å². The van der Waals surface area contributed by atoms with Crippen LogP contribution in [0.3, 0.4) is 0 Å². The summed E-state index contributed by atoms with van der Waals surface area (Å²) in [5.74, 6) is 0.458. The van der Waals surface area contributed by atoms with Gasteiger partial charge in [0, 0.05) is 23.7 Å².